The van der Waals surface area contributed by atoms with Crippen LogP contribution >= 0.6 is 11.6 Å². The molecule has 0 bridgehead atoms. The second-order valence-electron chi connectivity index (χ2n) is 1.85. The molecule has 0 N–H and O–H groups in total. The summed E-state index contributed by atoms with van der Waals surface area (Å²) in [5.74, 6) is 0.470. The molecular formula is C8H6ClO2. The van der Waals surface area contributed by atoms with E-state index in [9.17, 15) is 4.79 Å². The normalized spacial score (nSPS) is 9.18. The molecule has 3 heteroatoms. The highest BCUT2D eigenvalue weighted by Crippen LogP contribution is 2.15. The van der Waals surface area contributed by atoms with Gasteiger partial charge in [-0.3, -0.25) is 4.79 Å². The number of benzene rings is 1. The van der Waals surface area contributed by atoms with E-state index in [1.165, 1.54) is 0 Å². The number of rotatable bonds is 3. The fourth-order valence-corrected chi connectivity index (χ4v) is 0.853. The van der Waals surface area contributed by atoms with Crippen LogP contribution in [0.25, 0.3) is 0 Å². The molecule has 1 aromatic rings. The van der Waals surface area contributed by atoms with Crippen molar-refractivity contribution in [3.63, 3.8) is 0 Å². The number of hydrogen-bond acceptors (Lipinski definition) is 2. The molecule has 2 nitrogen and oxygen atoms in total. The van der Waals surface area contributed by atoms with Crippen molar-refractivity contribution in [3.8, 4) is 5.75 Å². The van der Waals surface area contributed by atoms with Gasteiger partial charge in [0.25, 0.3) is 0 Å². The van der Waals surface area contributed by atoms with Gasteiger partial charge < -0.3 is 4.74 Å². The van der Waals surface area contributed by atoms with Gasteiger partial charge in [0, 0.05) is 0 Å². The molecule has 0 heterocycles. The third-order valence-electron chi connectivity index (χ3n) is 1.21. The fraction of sp³-hybridized carbons (Fsp3) is 0.125. The van der Waals surface area contributed by atoms with E-state index in [0.29, 0.717) is 11.3 Å². The Kier molecular flexibility index (Phi) is 2.93. The van der Waals surface area contributed by atoms with Gasteiger partial charge in [-0.1, -0.05) is 23.7 Å². The number of alkyl halides is 1. The zero-order valence-corrected chi connectivity index (χ0v) is 6.47. The van der Waals surface area contributed by atoms with Crippen LogP contribution in [0, 0.1) is 0 Å². The quantitative estimate of drug-likeness (QED) is 0.644. The van der Waals surface area contributed by atoms with Crippen molar-refractivity contribution in [2.45, 2.75) is 0 Å². The van der Waals surface area contributed by atoms with Gasteiger partial charge >= 0.3 is 0 Å². The lowest BCUT2D eigenvalue weighted by Gasteiger charge is -2.01. The summed E-state index contributed by atoms with van der Waals surface area (Å²) in [6.45, 7) is 0. The van der Waals surface area contributed by atoms with Gasteiger partial charge in [-0.05, 0) is 12.1 Å². The molecule has 57 valence electrons. The Morgan fingerprint density at radius 1 is 1.45 bits per heavy atom. The van der Waals surface area contributed by atoms with Crippen LogP contribution in [0.15, 0.2) is 24.3 Å². The van der Waals surface area contributed by atoms with Crippen LogP contribution < -0.4 is 4.74 Å². The van der Waals surface area contributed by atoms with Crippen molar-refractivity contribution in [3.05, 3.63) is 29.8 Å². The van der Waals surface area contributed by atoms with Crippen LogP contribution in [0.1, 0.15) is 5.56 Å². The Morgan fingerprint density at radius 3 is 2.82 bits per heavy atom. The van der Waals surface area contributed by atoms with Gasteiger partial charge in [-0.2, -0.15) is 0 Å². The van der Waals surface area contributed by atoms with E-state index >= 15 is 0 Å². The first-order chi connectivity index (χ1) is 5.38. The lowest BCUT2D eigenvalue weighted by Crippen LogP contribution is -1.93. The molecule has 0 spiro atoms. The molecule has 0 aliphatic heterocycles. The smallest absolute Gasteiger partial charge is 0.237 e. The molecule has 1 rings (SSSR count). The number of hydrogen-bond donors (Lipinski definition) is 0. The van der Waals surface area contributed by atoms with E-state index < -0.39 is 0 Å². The molecule has 0 aromatic heterocycles. The second-order valence-corrected chi connectivity index (χ2v) is 2.07. The van der Waals surface area contributed by atoms with E-state index in [4.69, 9.17) is 16.3 Å². The van der Waals surface area contributed by atoms with Crippen LogP contribution in [-0.2, 0) is 4.79 Å². The van der Waals surface area contributed by atoms with Gasteiger partial charge in [-0.25, -0.2) is 0 Å². The third-order valence-corrected chi connectivity index (χ3v) is 1.32. The van der Waals surface area contributed by atoms with Crippen LogP contribution in [0.5, 0.6) is 5.75 Å². The van der Waals surface area contributed by atoms with Crippen molar-refractivity contribution in [1.82, 2.24) is 0 Å². The summed E-state index contributed by atoms with van der Waals surface area (Å²) in [5, 5.41) is 0. The third kappa shape index (κ3) is 1.95. The molecular weight excluding hydrogens is 164 g/mol. The minimum Gasteiger partial charge on any atom is -0.477 e. The molecule has 0 fully saturated rings. The lowest BCUT2D eigenvalue weighted by molar-refractivity contribution is 0.386. The van der Waals surface area contributed by atoms with Gasteiger partial charge in [-0.15, -0.1) is 0 Å². The van der Waals surface area contributed by atoms with Crippen molar-refractivity contribution in [1.29, 1.82) is 0 Å². The molecule has 0 aliphatic carbocycles. The first-order valence-corrected chi connectivity index (χ1v) is 3.58. The highest BCUT2D eigenvalue weighted by Gasteiger charge is 1.99. The maximum absolute atomic E-state index is 10.3. The Bertz CT molecular complexity index is 248. The van der Waals surface area contributed by atoms with Crippen molar-refractivity contribution >= 4 is 17.9 Å². The molecule has 1 aromatic carbocycles. The molecule has 1 radical (unpaired) electrons. The number of halogens is 1. The molecule has 0 saturated carbocycles. The summed E-state index contributed by atoms with van der Waals surface area (Å²) < 4.78 is 4.93. The highest BCUT2D eigenvalue weighted by atomic mass is 35.5. The van der Waals surface area contributed by atoms with E-state index in [1.807, 2.05) is 0 Å². The second kappa shape index (κ2) is 3.98. The molecule has 0 atom stereocenters. The average molecular weight is 170 g/mol. The first kappa shape index (κ1) is 8.08. The van der Waals surface area contributed by atoms with Crippen molar-refractivity contribution in [2.75, 3.05) is 6.07 Å². The topological polar surface area (TPSA) is 26.3 Å². The monoisotopic (exact) mass is 169 g/mol. The molecule has 0 unspecified atom stereocenters. The van der Waals surface area contributed by atoms with Crippen molar-refractivity contribution < 1.29 is 9.53 Å². The predicted octanol–water partition coefficient (Wildman–Crippen LogP) is 1.72. The first-order valence-electron chi connectivity index (χ1n) is 3.04. The lowest BCUT2D eigenvalue weighted by atomic mass is 10.2. The van der Waals surface area contributed by atoms with Crippen LogP contribution in [0.2, 0.25) is 0 Å². The SMILES string of the molecule is O=[C]c1ccccc1OCCl. The molecule has 0 amide bonds. The van der Waals surface area contributed by atoms with E-state index in [1.54, 1.807) is 30.6 Å². The number of ether oxygens (including phenoxy) is 1. The van der Waals surface area contributed by atoms with Gasteiger partial charge in [0.1, 0.15) is 5.75 Å². The maximum atomic E-state index is 10.3. The number of carbonyl (C=O) groups excluding carboxylic acids is 1. The average Bonchev–Trinajstić information content (AvgIpc) is 2.06. The Hall–Kier alpha value is -1.02. The molecule has 0 aliphatic rings. The minimum atomic E-state index is 0.0404. The summed E-state index contributed by atoms with van der Waals surface area (Å²) in [6.07, 6.45) is 1.75. The maximum Gasteiger partial charge on any atom is 0.237 e. The summed E-state index contributed by atoms with van der Waals surface area (Å²) >= 11 is 5.31. The summed E-state index contributed by atoms with van der Waals surface area (Å²) in [7, 11) is 0. The van der Waals surface area contributed by atoms with Gasteiger partial charge in [0.2, 0.25) is 6.29 Å². The highest BCUT2D eigenvalue weighted by molar-refractivity contribution is 6.17. The van der Waals surface area contributed by atoms with Crippen LogP contribution in [0.4, 0.5) is 0 Å². The van der Waals surface area contributed by atoms with Crippen LogP contribution in [-0.4, -0.2) is 12.4 Å². The summed E-state index contributed by atoms with van der Waals surface area (Å²) in [4.78, 5) is 10.3. The van der Waals surface area contributed by atoms with E-state index in [2.05, 4.69) is 0 Å². The Labute approximate surface area is 69.7 Å². The minimum absolute atomic E-state index is 0.0404. The molecule has 0 saturated heterocycles. The predicted molar refractivity (Wildman–Crippen MR) is 42.6 cm³/mol. The van der Waals surface area contributed by atoms with Crippen LogP contribution in [0.3, 0.4) is 0 Å². The Morgan fingerprint density at radius 2 is 2.18 bits per heavy atom. The zero-order chi connectivity index (χ0) is 8.10. The van der Waals surface area contributed by atoms with Gasteiger partial charge in [0.05, 0.1) is 5.56 Å². The van der Waals surface area contributed by atoms with Gasteiger partial charge in [0.15, 0.2) is 6.07 Å². The summed E-state index contributed by atoms with van der Waals surface area (Å²) in [6, 6.07) is 6.83. The fourth-order valence-electron chi connectivity index (χ4n) is 0.736. The molecule has 11 heavy (non-hydrogen) atoms. The Balaban J connectivity index is 2.92. The van der Waals surface area contributed by atoms with Crippen molar-refractivity contribution in [2.24, 2.45) is 0 Å². The largest absolute Gasteiger partial charge is 0.477 e. The van der Waals surface area contributed by atoms with E-state index in [0.717, 1.165) is 0 Å². The zero-order valence-electron chi connectivity index (χ0n) is 5.71. The summed E-state index contributed by atoms with van der Waals surface area (Å²) in [5.41, 5.74) is 0.396. The standard InChI is InChI=1S/C8H6ClO2/c9-6-11-8-4-2-1-3-7(8)5-10/h1-4H,6H2. The van der Waals surface area contributed by atoms with E-state index in [-0.39, 0.29) is 6.07 Å². The number of para-hydroxylation sites is 1.